The van der Waals surface area contributed by atoms with Crippen molar-refractivity contribution in [2.75, 3.05) is 19.0 Å². The molecule has 2 amide bonds. The molecule has 0 aromatic heterocycles. The summed E-state index contributed by atoms with van der Waals surface area (Å²) in [4.78, 5) is 22.2. The fourth-order valence-corrected chi connectivity index (χ4v) is 1.70. The van der Waals surface area contributed by atoms with Crippen LogP contribution in [0.5, 0.6) is 0 Å². The van der Waals surface area contributed by atoms with E-state index in [1.165, 1.54) is 7.11 Å². The zero-order valence-corrected chi connectivity index (χ0v) is 12.3. The number of halogens is 2. The number of hydrogen-bond donors (Lipinski definition) is 3. The Morgan fingerprint density at radius 2 is 2.21 bits per heavy atom. The number of methoxy groups -OCH3 is 1. The molecule has 0 aliphatic carbocycles. The number of hydrogen-bond acceptors (Lipinski definition) is 3. The van der Waals surface area contributed by atoms with E-state index in [0.29, 0.717) is 15.2 Å². The summed E-state index contributed by atoms with van der Waals surface area (Å²) in [5.74, 6) is -1.14. The first-order valence-corrected chi connectivity index (χ1v) is 6.36. The molecular formula is C11H12BrClN2O4. The molecule has 3 N–H and O–H groups in total. The van der Waals surface area contributed by atoms with Crippen LogP contribution < -0.4 is 10.6 Å². The van der Waals surface area contributed by atoms with Crippen molar-refractivity contribution in [1.29, 1.82) is 0 Å². The lowest BCUT2D eigenvalue weighted by atomic mass is 10.3. The third-order valence-electron chi connectivity index (χ3n) is 2.19. The summed E-state index contributed by atoms with van der Waals surface area (Å²) in [6.07, 6.45) is -1.08. The smallest absolute Gasteiger partial charge is 0.334 e. The monoisotopic (exact) mass is 350 g/mol. The lowest BCUT2D eigenvalue weighted by Crippen LogP contribution is -2.39. The first-order chi connectivity index (χ1) is 8.93. The highest BCUT2D eigenvalue weighted by Gasteiger charge is 2.17. The average molecular weight is 352 g/mol. The Balaban J connectivity index is 2.51. The normalized spacial score (nSPS) is 11.7. The molecule has 1 rings (SSSR count). The van der Waals surface area contributed by atoms with Crippen LogP contribution in [0, 0.1) is 0 Å². The Kier molecular flexibility index (Phi) is 6.07. The van der Waals surface area contributed by atoms with Gasteiger partial charge in [0, 0.05) is 17.3 Å². The van der Waals surface area contributed by atoms with E-state index in [9.17, 15) is 9.59 Å². The molecule has 8 heteroatoms. The highest BCUT2D eigenvalue weighted by Crippen LogP contribution is 2.25. The summed E-state index contributed by atoms with van der Waals surface area (Å²) in [7, 11) is 1.26. The van der Waals surface area contributed by atoms with Gasteiger partial charge in [-0.1, -0.05) is 11.6 Å². The van der Waals surface area contributed by atoms with Gasteiger partial charge < -0.3 is 20.5 Å². The topological polar surface area (TPSA) is 87.7 Å². The minimum atomic E-state index is -1.14. The predicted molar refractivity (Wildman–Crippen MR) is 74.6 cm³/mol. The van der Waals surface area contributed by atoms with Gasteiger partial charge in [-0.2, -0.15) is 0 Å². The summed E-state index contributed by atoms with van der Waals surface area (Å²) in [5, 5.41) is 14.2. The van der Waals surface area contributed by atoms with Crippen molar-refractivity contribution in [2.24, 2.45) is 0 Å². The van der Waals surface area contributed by atoms with Crippen LogP contribution >= 0.6 is 27.5 Å². The lowest BCUT2D eigenvalue weighted by molar-refractivity contribution is -0.147. The zero-order chi connectivity index (χ0) is 14.4. The molecule has 1 aromatic carbocycles. The number of nitrogens with one attached hydrogen (secondary N) is 2. The van der Waals surface area contributed by atoms with E-state index in [0.717, 1.165) is 0 Å². The van der Waals surface area contributed by atoms with Gasteiger partial charge in [-0.05, 0) is 34.1 Å². The first-order valence-electron chi connectivity index (χ1n) is 5.19. The number of carboxylic acids is 1. The van der Waals surface area contributed by atoms with Gasteiger partial charge >= 0.3 is 12.0 Å². The average Bonchev–Trinajstić information content (AvgIpc) is 2.34. The molecule has 1 atom stereocenters. The number of aliphatic carboxylic acids is 1. The maximum atomic E-state index is 11.5. The second-order valence-corrected chi connectivity index (χ2v) is 4.79. The Labute approximate surface area is 123 Å². The third-order valence-corrected chi connectivity index (χ3v) is 3.40. The van der Waals surface area contributed by atoms with E-state index in [1.54, 1.807) is 18.2 Å². The molecule has 0 heterocycles. The molecule has 0 aliphatic heterocycles. The number of ether oxygens (including phenoxy) is 1. The summed E-state index contributed by atoms with van der Waals surface area (Å²) in [6.45, 7) is -0.133. The van der Waals surface area contributed by atoms with Crippen LogP contribution in [0.15, 0.2) is 22.7 Å². The van der Waals surface area contributed by atoms with E-state index < -0.39 is 18.1 Å². The van der Waals surface area contributed by atoms with Crippen LogP contribution in [0.1, 0.15) is 0 Å². The highest BCUT2D eigenvalue weighted by molar-refractivity contribution is 9.10. The third kappa shape index (κ3) is 5.06. The predicted octanol–water partition coefficient (Wildman–Crippen LogP) is 2.32. The number of rotatable bonds is 5. The van der Waals surface area contributed by atoms with Gasteiger partial charge in [0.05, 0.1) is 11.6 Å². The molecule has 6 nitrogen and oxygen atoms in total. The molecule has 0 fully saturated rings. The molecular weight excluding hydrogens is 339 g/mol. The first kappa shape index (κ1) is 15.7. The van der Waals surface area contributed by atoms with Crippen molar-refractivity contribution in [3.8, 4) is 0 Å². The summed E-state index contributed by atoms with van der Waals surface area (Å²) in [5.41, 5.74) is 0.526. The van der Waals surface area contributed by atoms with Gasteiger partial charge in [0.25, 0.3) is 0 Å². The van der Waals surface area contributed by atoms with Crippen LogP contribution in [-0.2, 0) is 9.53 Å². The van der Waals surface area contributed by atoms with Gasteiger partial charge in [0.2, 0.25) is 0 Å². The van der Waals surface area contributed by atoms with Crippen LogP contribution in [0.25, 0.3) is 0 Å². The molecule has 0 radical (unpaired) electrons. The largest absolute Gasteiger partial charge is 0.479 e. The van der Waals surface area contributed by atoms with Crippen molar-refractivity contribution in [1.82, 2.24) is 5.32 Å². The van der Waals surface area contributed by atoms with Crippen LogP contribution in [0.3, 0.4) is 0 Å². The highest BCUT2D eigenvalue weighted by atomic mass is 79.9. The molecule has 19 heavy (non-hydrogen) atoms. The second kappa shape index (κ2) is 7.32. The van der Waals surface area contributed by atoms with Gasteiger partial charge in [-0.3, -0.25) is 0 Å². The molecule has 1 unspecified atom stereocenters. The summed E-state index contributed by atoms with van der Waals surface area (Å²) < 4.78 is 5.33. The van der Waals surface area contributed by atoms with Gasteiger partial charge in [0.1, 0.15) is 0 Å². The van der Waals surface area contributed by atoms with Crippen LogP contribution in [0.2, 0.25) is 5.02 Å². The van der Waals surface area contributed by atoms with Crippen molar-refractivity contribution in [3.05, 3.63) is 27.7 Å². The number of carboxylic acid groups (broad SMARTS) is 1. The lowest BCUT2D eigenvalue weighted by Gasteiger charge is -2.12. The second-order valence-electron chi connectivity index (χ2n) is 3.53. The number of carbonyl (C=O) groups excluding carboxylic acids is 1. The van der Waals surface area contributed by atoms with E-state index in [4.69, 9.17) is 16.7 Å². The minimum absolute atomic E-state index is 0.133. The Bertz CT molecular complexity index is 484. The van der Waals surface area contributed by atoms with Crippen LogP contribution in [-0.4, -0.2) is 36.9 Å². The van der Waals surface area contributed by atoms with Gasteiger partial charge in [-0.15, -0.1) is 0 Å². The van der Waals surface area contributed by atoms with Crippen molar-refractivity contribution >= 4 is 45.2 Å². The molecule has 0 spiro atoms. The Morgan fingerprint density at radius 3 is 2.74 bits per heavy atom. The molecule has 1 aromatic rings. The fraction of sp³-hybridized carbons (Fsp3) is 0.273. The number of amides is 2. The van der Waals surface area contributed by atoms with E-state index in [2.05, 4.69) is 31.3 Å². The summed E-state index contributed by atoms with van der Waals surface area (Å²) in [6, 6.07) is 4.35. The quantitative estimate of drug-likeness (QED) is 0.760. The molecule has 0 bridgehead atoms. The van der Waals surface area contributed by atoms with E-state index >= 15 is 0 Å². The number of urea groups is 1. The van der Waals surface area contributed by atoms with Gasteiger partial charge in [0.15, 0.2) is 6.10 Å². The minimum Gasteiger partial charge on any atom is -0.479 e. The molecule has 0 aliphatic rings. The number of carbonyl (C=O) groups is 2. The van der Waals surface area contributed by atoms with Crippen molar-refractivity contribution in [2.45, 2.75) is 6.10 Å². The van der Waals surface area contributed by atoms with Gasteiger partial charge in [-0.25, -0.2) is 9.59 Å². The molecule has 104 valence electrons. The van der Waals surface area contributed by atoms with E-state index in [-0.39, 0.29) is 6.54 Å². The van der Waals surface area contributed by atoms with E-state index in [1.807, 2.05) is 0 Å². The number of anilines is 1. The maximum absolute atomic E-state index is 11.5. The molecule has 0 saturated heterocycles. The van der Waals surface area contributed by atoms with Crippen molar-refractivity contribution in [3.63, 3.8) is 0 Å². The zero-order valence-electron chi connectivity index (χ0n) is 9.94. The molecule has 0 saturated carbocycles. The SMILES string of the molecule is COC(CNC(=O)Nc1ccc(Cl)c(Br)c1)C(=O)O. The standard InChI is InChI=1S/C11H12BrClN2O4/c1-19-9(10(16)17)5-14-11(18)15-6-2-3-8(13)7(12)4-6/h2-4,9H,5H2,1H3,(H,16,17)(H2,14,15,18). The Morgan fingerprint density at radius 1 is 1.53 bits per heavy atom. The maximum Gasteiger partial charge on any atom is 0.334 e. The fourth-order valence-electron chi connectivity index (χ4n) is 1.21. The van der Waals surface area contributed by atoms with Crippen LogP contribution in [0.4, 0.5) is 10.5 Å². The summed E-state index contributed by atoms with van der Waals surface area (Å²) >= 11 is 9.04. The number of benzene rings is 1. The Hall–Kier alpha value is -1.31. The van der Waals surface area contributed by atoms with Crippen molar-refractivity contribution < 1.29 is 19.4 Å².